The van der Waals surface area contributed by atoms with Gasteiger partial charge < -0.3 is 9.84 Å². The summed E-state index contributed by atoms with van der Waals surface area (Å²) in [5.74, 6) is -0.291. The average molecular weight is 264 g/mol. The van der Waals surface area contributed by atoms with E-state index < -0.39 is 0 Å². The van der Waals surface area contributed by atoms with Gasteiger partial charge in [0.25, 0.3) is 0 Å². The van der Waals surface area contributed by atoms with Gasteiger partial charge in [-0.1, -0.05) is 44.4 Å². The van der Waals surface area contributed by atoms with E-state index in [4.69, 9.17) is 4.74 Å². The summed E-state index contributed by atoms with van der Waals surface area (Å²) in [7, 11) is 0. The van der Waals surface area contributed by atoms with Crippen molar-refractivity contribution in [1.29, 1.82) is 0 Å². The third-order valence-electron chi connectivity index (χ3n) is 3.07. The van der Waals surface area contributed by atoms with Gasteiger partial charge in [0.05, 0.1) is 18.3 Å². The molecule has 0 saturated carbocycles. The zero-order valence-electron chi connectivity index (χ0n) is 11.7. The molecular weight excluding hydrogens is 240 g/mol. The van der Waals surface area contributed by atoms with Crippen LogP contribution in [-0.4, -0.2) is 23.8 Å². The lowest BCUT2D eigenvalue weighted by atomic mass is 10.1. The summed E-state index contributed by atoms with van der Waals surface area (Å²) in [6.45, 7) is 2.52. The van der Waals surface area contributed by atoms with Crippen molar-refractivity contribution in [3.05, 3.63) is 35.9 Å². The highest BCUT2D eigenvalue weighted by molar-refractivity contribution is 5.89. The maximum Gasteiger partial charge on any atom is 0.338 e. The summed E-state index contributed by atoms with van der Waals surface area (Å²) >= 11 is 0. The number of rotatable bonds is 9. The minimum Gasteiger partial charge on any atom is -0.462 e. The van der Waals surface area contributed by atoms with Crippen LogP contribution in [0.5, 0.6) is 0 Å². The van der Waals surface area contributed by atoms with E-state index in [1.165, 1.54) is 12.8 Å². The Kier molecular flexibility index (Phi) is 7.91. The van der Waals surface area contributed by atoms with Crippen LogP contribution in [0.4, 0.5) is 0 Å². The van der Waals surface area contributed by atoms with E-state index in [1.807, 2.05) is 18.2 Å². The number of hydrogen-bond acceptors (Lipinski definition) is 3. The second kappa shape index (κ2) is 9.56. The lowest BCUT2D eigenvalue weighted by molar-refractivity contribution is 0.0474. The SMILES string of the molecule is CCCCCC(O)CCCOC(=O)c1ccccc1. The van der Waals surface area contributed by atoms with E-state index in [-0.39, 0.29) is 12.1 Å². The minimum atomic E-state index is -0.291. The molecule has 1 unspecified atom stereocenters. The lowest BCUT2D eigenvalue weighted by Crippen LogP contribution is -2.10. The predicted molar refractivity (Wildman–Crippen MR) is 76.1 cm³/mol. The fourth-order valence-electron chi connectivity index (χ4n) is 1.92. The molecule has 1 N–H and O–H groups in total. The Bertz CT molecular complexity index is 348. The third kappa shape index (κ3) is 6.97. The zero-order chi connectivity index (χ0) is 13.9. The van der Waals surface area contributed by atoms with Crippen LogP contribution in [0.1, 0.15) is 55.8 Å². The fraction of sp³-hybridized carbons (Fsp3) is 0.562. The molecule has 1 aromatic carbocycles. The molecule has 0 heterocycles. The van der Waals surface area contributed by atoms with Crippen molar-refractivity contribution in [3.63, 3.8) is 0 Å². The van der Waals surface area contributed by atoms with Crippen LogP contribution in [0.25, 0.3) is 0 Å². The van der Waals surface area contributed by atoms with Crippen molar-refractivity contribution in [2.24, 2.45) is 0 Å². The van der Waals surface area contributed by atoms with Gasteiger partial charge in [-0.3, -0.25) is 0 Å². The quantitative estimate of drug-likeness (QED) is 0.548. The van der Waals surface area contributed by atoms with Gasteiger partial charge in [-0.15, -0.1) is 0 Å². The Morgan fingerprint density at radius 3 is 2.53 bits per heavy atom. The highest BCUT2D eigenvalue weighted by atomic mass is 16.5. The van der Waals surface area contributed by atoms with Crippen LogP contribution in [0.15, 0.2) is 30.3 Å². The van der Waals surface area contributed by atoms with Gasteiger partial charge in [0.15, 0.2) is 0 Å². The molecular formula is C16H24O3. The smallest absolute Gasteiger partial charge is 0.338 e. The first-order valence-electron chi connectivity index (χ1n) is 7.14. The van der Waals surface area contributed by atoms with Gasteiger partial charge in [-0.25, -0.2) is 4.79 Å². The molecule has 106 valence electrons. The Balaban J connectivity index is 2.09. The maximum atomic E-state index is 11.6. The monoisotopic (exact) mass is 264 g/mol. The maximum absolute atomic E-state index is 11.6. The molecule has 3 nitrogen and oxygen atoms in total. The van der Waals surface area contributed by atoms with E-state index in [0.29, 0.717) is 25.0 Å². The summed E-state index contributed by atoms with van der Waals surface area (Å²) in [6, 6.07) is 8.97. The molecule has 0 radical (unpaired) electrons. The van der Waals surface area contributed by atoms with E-state index in [9.17, 15) is 9.90 Å². The van der Waals surface area contributed by atoms with Crippen LogP contribution in [0, 0.1) is 0 Å². The molecule has 1 rings (SSSR count). The number of benzene rings is 1. The first-order valence-corrected chi connectivity index (χ1v) is 7.14. The van der Waals surface area contributed by atoms with E-state index >= 15 is 0 Å². The molecule has 19 heavy (non-hydrogen) atoms. The lowest BCUT2D eigenvalue weighted by Gasteiger charge is -2.10. The molecule has 0 aromatic heterocycles. The molecule has 0 bridgehead atoms. The van der Waals surface area contributed by atoms with Crippen LogP contribution in [0.3, 0.4) is 0 Å². The number of ether oxygens (including phenoxy) is 1. The molecule has 1 atom stereocenters. The van der Waals surface area contributed by atoms with Crippen LogP contribution >= 0.6 is 0 Å². The second-order valence-electron chi connectivity index (χ2n) is 4.79. The Morgan fingerprint density at radius 1 is 1.16 bits per heavy atom. The fourth-order valence-corrected chi connectivity index (χ4v) is 1.92. The van der Waals surface area contributed by atoms with Crippen molar-refractivity contribution in [3.8, 4) is 0 Å². The number of esters is 1. The normalized spacial score (nSPS) is 12.1. The predicted octanol–water partition coefficient (Wildman–Crippen LogP) is 3.56. The third-order valence-corrected chi connectivity index (χ3v) is 3.07. The molecule has 0 fully saturated rings. The van der Waals surface area contributed by atoms with Gasteiger partial charge in [0, 0.05) is 0 Å². The van der Waals surface area contributed by atoms with Crippen molar-refractivity contribution < 1.29 is 14.6 Å². The largest absolute Gasteiger partial charge is 0.462 e. The molecule has 0 amide bonds. The summed E-state index contributed by atoms with van der Waals surface area (Å²) in [5.41, 5.74) is 0.575. The Morgan fingerprint density at radius 2 is 1.84 bits per heavy atom. The molecule has 0 saturated heterocycles. The molecule has 3 heteroatoms. The highest BCUT2D eigenvalue weighted by Crippen LogP contribution is 2.09. The minimum absolute atomic E-state index is 0.262. The Labute approximate surface area is 115 Å². The molecule has 0 aliphatic heterocycles. The van der Waals surface area contributed by atoms with Gasteiger partial charge >= 0.3 is 5.97 Å². The highest BCUT2D eigenvalue weighted by Gasteiger charge is 2.07. The summed E-state index contributed by atoms with van der Waals surface area (Å²) in [4.78, 5) is 11.6. The number of aliphatic hydroxyl groups excluding tert-OH is 1. The van der Waals surface area contributed by atoms with Crippen molar-refractivity contribution in [1.82, 2.24) is 0 Å². The van der Waals surface area contributed by atoms with Gasteiger partial charge in [0.2, 0.25) is 0 Å². The first kappa shape index (κ1) is 15.7. The number of unbranched alkanes of at least 4 members (excludes halogenated alkanes) is 2. The Hall–Kier alpha value is -1.35. The van der Waals surface area contributed by atoms with Crippen molar-refractivity contribution >= 4 is 5.97 Å². The van der Waals surface area contributed by atoms with Crippen LogP contribution < -0.4 is 0 Å². The number of aliphatic hydroxyl groups is 1. The van der Waals surface area contributed by atoms with Crippen LogP contribution in [0.2, 0.25) is 0 Å². The summed E-state index contributed by atoms with van der Waals surface area (Å²) in [5, 5.41) is 9.72. The second-order valence-corrected chi connectivity index (χ2v) is 4.79. The topological polar surface area (TPSA) is 46.5 Å². The standard InChI is InChI=1S/C16H24O3/c1-2-3-5-11-15(17)12-8-13-19-16(18)14-9-6-4-7-10-14/h4,6-7,9-10,15,17H,2-3,5,8,11-13H2,1H3. The van der Waals surface area contributed by atoms with Crippen molar-refractivity contribution in [2.75, 3.05) is 6.61 Å². The molecule has 1 aromatic rings. The zero-order valence-corrected chi connectivity index (χ0v) is 11.7. The number of carbonyl (C=O) groups is 1. The number of carbonyl (C=O) groups excluding carboxylic acids is 1. The number of hydrogen-bond donors (Lipinski definition) is 1. The summed E-state index contributed by atoms with van der Waals surface area (Å²) < 4.78 is 5.15. The van der Waals surface area contributed by atoms with Gasteiger partial charge in [0.1, 0.15) is 0 Å². The van der Waals surface area contributed by atoms with Crippen LogP contribution in [-0.2, 0) is 4.74 Å². The first-order chi connectivity index (χ1) is 9.24. The van der Waals surface area contributed by atoms with E-state index in [0.717, 1.165) is 12.8 Å². The summed E-state index contributed by atoms with van der Waals surface area (Å²) in [6.07, 6.45) is 5.41. The van der Waals surface area contributed by atoms with Crippen molar-refractivity contribution in [2.45, 2.75) is 51.6 Å². The molecule has 0 spiro atoms. The van der Waals surface area contributed by atoms with Gasteiger partial charge in [-0.2, -0.15) is 0 Å². The van der Waals surface area contributed by atoms with Gasteiger partial charge in [-0.05, 0) is 31.4 Å². The molecule has 0 aliphatic carbocycles. The van der Waals surface area contributed by atoms with E-state index in [1.54, 1.807) is 12.1 Å². The average Bonchev–Trinajstić information content (AvgIpc) is 2.44. The molecule has 0 aliphatic rings. The van der Waals surface area contributed by atoms with E-state index in [2.05, 4.69) is 6.92 Å².